The summed E-state index contributed by atoms with van der Waals surface area (Å²) in [6.45, 7) is 2.10. The third-order valence-corrected chi connectivity index (χ3v) is 4.03. The lowest BCUT2D eigenvalue weighted by Crippen LogP contribution is -2.43. The largest absolute Gasteiger partial charge is 0.396 e. The van der Waals surface area contributed by atoms with Gasteiger partial charge in [-0.1, -0.05) is 23.7 Å². The number of aliphatic hydroxyl groups is 1. The van der Waals surface area contributed by atoms with Crippen LogP contribution in [0.25, 0.3) is 0 Å². The summed E-state index contributed by atoms with van der Waals surface area (Å²) in [7, 11) is 0. The van der Waals surface area contributed by atoms with Crippen LogP contribution in [-0.2, 0) is 0 Å². The summed E-state index contributed by atoms with van der Waals surface area (Å²) in [5.74, 6) is 0.518. The molecule has 2 amide bonds. The molecule has 21 heavy (non-hydrogen) atoms. The minimum atomic E-state index is -0.146. The second kappa shape index (κ2) is 7.66. The highest BCUT2D eigenvalue weighted by molar-refractivity contribution is 6.30. The fraction of sp³-hybridized carbons (Fsp3) is 0.562. The van der Waals surface area contributed by atoms with Crippen molar-refractivity contribution in [3.8, 4) is 0 Å². The molecule has 1 saturated carbocycles. The van der Waals surface area contributed by atoms with Gasteiger partial charge in [0.25, 0.3) is 0 Å². The zero-order chi connectivity index (χ0) is 15.2. The monoisotopic (exact) mass is 310 g/mol. The van der Waals surface area contributed by atoms with Crippen molar-refractivity contribution in [3.05, 3.63) is 34.9 Å². The lowest BCUT2D eigenvalue weighted by atomic mass is 10.0. The summed E-state index contributed by atoms with van der Waals surface area (Å²) >= 11 is 5.91. The molecule has 0 radical (unpaired) electrons. The van der Waals surface area contributed by atoms with Crippen LogP contribution in [0.5, 0.6) is 0 Å². The van der Waals surface area contributed by atoms with Gasteiger partial charge in [0.05, 0.1) is 6.04 Å². The summed E-state index contributed by atoms with van der Waals surface area (Å²) in [6.07, 6.45) is 3.77. The molecular formula is C16H23ClN2O2. The normalized spacial score (nSPS) is 17.1. The van der Waals surface area contributed by atoms with Gasteiger partial charge in [0.2, 0.25) is 0 Å². The lowest BCUT2D eigenvalue weighted by molar-refractivity contribution is 0.229. The first kappa shape index (κ1) is 16.1. The number of halogens is 1. The predicted octanol–water partition coefficient (Wildman–Crippen LogP) is 3.25. The smallest absolute Gasteiger partial charge is 0.315 e. The standard InChI is InChI=1S/C16H23ClN2O2/c1-11(3-2-10-20)18-16(21)19-15(12-4-5-12)13-6-8-14(17)9-7-13/h6-9,11-12,15,20H,2-5,10H2,1H3,(H2,18,19,21). The molecule has 0 aromatic heterocycles. The van der Waals surface area contributed by atoms with Gasteiger partial charge in [0, 0.05) is 17.7 Å². The first-order chi connectivity index (χ1) is 10.1. The van der Waals surface area contributed by atoms with E-state index in [1.54, 1.807) is 0 Å². The van der Waals surface area contributed by atoms with Gasteiger partial charge in [-0.25, -0.2) is 4.79 Å². The van der Waals surface area contributed by atoms with Crippen molar-refractivity contribution in [2.24, 2.45) is 5.92 Å². The van der Waals surface area contributed by atoms with Crippen molar-refractivity contribution in [1.82, 2.24) is 10.6 Å². The topological polar surface area (TPSA) is 61.4 Å². The highest BCUT2D eigenvalue weighted by Gasteiger charge is 2.33. The van der Waals surface area contributed by atoms with E-state index in [-0.39, 0.29) is 24.7 Å². The molecule has 4 nitrogen and oxygen atoms in total. The average Bonchev–Trinajstić information content (AvgIpc) is 3.28. The van der Waals surface area contributed by atoms with E-state index >= 15 is 0 Å². The Kier molecular flexibility index (Phi) is 5.88. The molecule has 2 unspecified atom stereocenters. The number of carbonyl (C=O) groups excluding carboxylic acids is 1. The van der Waals surface area contributed by atoms with Crippen molar-refractivity contribution in [3.63, 3.8) is 0 Å². The zero-order valence-corrected chi connectivity index (χ0v) is 13.1. The molecule has 1 aliphatic rings. The molecule has 3 N–H and O–H groups in total. The summed E-state index contributed by atoms with van der Waals surface area (Å²) in [6, 6.07) is 7.62. The molecule has 5 heteroatoms. The van der Waals surface area contributed by atoms with E-state index in [9.17, 15) is 4.79 Å². The van der Waals surface area contributed by atoms with Gasteiger partial charge in [-0.2, -0.15) is 0 Å². The third-order valence-electron chi connectivity index (χ3n) is 3.78. The number of carbonyl (C=O) groups is 1. The van der Waals surface area contributed by atoms with Gasteiger partial charge >= 0.3 is 6.03 Å². The van der Waals surface area contributed by atoms with Gasteiger partial charge < -0.3 is 15.7 Å². The van der Waals surface area contributed by atoms with Crippen LogP contribution in [-0.4, -0.2) is 23.8 Å². The quantitative estimate of drug-likeness (QED) is 0.724. The molecule has 2 atom stereocenters. The summed E-state index contributed by atoms with van der Waals surface area (Å²) in [5, 5.41) is 15.5. The van der Waals surface area contributed by atoms with E-state index < -0.39 is 0 Å². The minimum absolute atomic E-state index is 0.0484. The maximum Gasteiger partial charge on any atom is 0.315 e. The Labute approximate surface area is 130 Å². The highest BCUT2D eigenvalue weighted by atomic mass is 35.5. The molecule has 0 saturated heterocycles. The second-order valence-electron chi connectivity index (χ2n) is 5.75. The summed E-state index contributed by atoms with van der Waals surface area (Å²) in [4.78, 5) is 12.1. The number of hydrogen-bond donors (Lipinski definition) is 3. The van der Waals surface area contributed by atoms with Crippen LogP contribution in [0.3, 0.4) is 0 Å². The number of urea groups is 1. The van der Waals surface area contributed by atoms with Crippen LogP contribution in [0.4, 0.5) is 4.79 Å². The van der Waals surface area contributed by atoms with Gasteiger partial charge in [-0.3, -0.25) is 0 Å². The van der Waals surface area contributed by atoms with Crippen molar-refractivity contribution in [2.75, 3.05) is 6.61 Å². The molecule has 1 aliphatic carbocycles. The van der Waals surface area contributed by atoms with Crippen LogP contribution >= 0.6 is 11.6 Å². The average molecular weight is 311 g/mol. The second-order valence-corrected chi connectivity index (χ2v) is 6.19. The molecule has 1 aromatic rings. The van der Waals surface area contributed by atoms with Crippen molar-refractivity contribution < 1.29 is 9.90 Å². The minimum Gasteiger partial charge on any atom is -0.396 e. The maximum atomic E-state index is 12.1. The predicted molar refractivity (Wildman–Crippen MR) is 84.4 cm³/mol. The maximum absolute atomic E-state index is 12.1. The van der Waals surface area contributed by atoms with Gasteiger partial charge in [0.1, 0.15) is 0 Å². The Bertz CT molecular complexity index is 460. The van der Waals surface area contributed by atoms with Gasteiger partial charge in [0.15, 0.2) is 0 Å². The zero-order valence-electron chi connectivity index (χ0n) is 12.3. The molecule has 1 fully saturated rings. The number of nitrogens with one attached hydrogen (secondary N) is 2. The Morgan fingerprint density at radius 1 is 1.33 bits per heavy atom. The van der Waals surface area contributed by atoms with Crippen LogP contribution in [0, 0.1) is 5.92 Å². The molecule has 0 aliphatic heterocycles. The fourth-order valence-corrected chi connectivity index (χ4v) is 2.58. The molecule has 0 bridgehead atoms. The first-order valence-corrected chi connectivity index (χ1v) is 7.91. The molecule has 0 spiro atoms. The number of benzene rings is 1. The molecule has 116 valence electrons. The summed E-state index contributed by atoms with van der Waals surface area (Å²) in [5.41, 5.74) is 1.10. The molecular weight excluding hydrogens is 288 g/mol. The highest BCUT2D eigenvalue weighted by Crippen LogP contribution is 2.41. The molecule has 2 rings (SSSR count). The lowest BCUT2D eigenvalue weighted by Gasteiger charge is -2.21. The van der Waals surface area contributed by atoms with E-state index in [2.05, 4.69) is 10.6 Å². The van der Waals surface area contributed by atoms with Crippen LogP contribution in [0.15, 0.2) is 24.3 Å². The van der Waals surface area contributed by atoms with E-state index in [0.29, 0.717) is 17.4 Å². The molecule has 1 aromatic carbocycles. The van der Waals surface area contributed by atoms with Crippen molar-refractivity contribution >= 4 is 17.6 Å². The fourth-order valence-electron chi connectivity index (χ4n) is 2.45. The SMILES string of the molecule is CC(CCCO)NC(=O)NC(c1ccc(Cl)cc1)C1CC1. The van der Waals surface area contributed by atoms with E-state index in [4.69, 9.17) is 16.7 Å². The van der Waals surface area contributed by atoms with Gasteiger partial charge in [-0.05, 0) is 56.2 Å². The number of aliphatic hydroxyl groups excluding tert-OH is 1. The van der Waals surface area contributed by atoms with Crippen molar-refractivity contribution in [2.45, 2.75) is 44.7 Å². The Balaban J connectivity index is 1.91. The Hall–Kier alpha value is -1.26. The van der Waals surface area contributed by atoms with Crippen LogP contribution in [0.1, 0.15) is 44.2 Å². The van der Waals surface area contributed by atoms with Crippen LogP contribution < -0.4 is 10.6 Å². The van der Waals surface area contributed by atoms with E-state index in [1.165, 1.54) is 0 Å². The number of rotatable bonds is 7. The molecule has 0 heterocycles. The summed E-state index contributed by atoms with van der Waals surface area (Å²) < 4.78 is 0. The third kappa shape index (κ3) is 5.21. The van der Waals surface area contributed by atoms with E-state index in [0.717, 1.165) is 24.8 Å². The Morgan fingerprint density at radius 3 is 2.57 bits per heavy atom. The number of amides is 2. The van der Waals surface area contributed by atoms with Crippen molar-refractivity contribution in [1.29, 1.82) is 0 Å². The Morgan fingerprint density at radius 2 is 2.00 bits per heavy atom. The number of hydrogen-bond acceptors (Lipinski definition) is 2. The first-order valence-electron chi connectivity index (χ1n) is 7.53. The van der Waals surface area contributed by atoms with Crippen LogP contribution in [0.2, 0.25) is 5.02 Å². The van der Waals surface area contributed by atoms with E-state index in [1.807, 2.05) is 31.2 Å². The van der Waals surface area contributed by atoms with Gasteiger partial charge in [-0.15, -0.1) is 0 Å².